The summed E-state index contributed by atoms with van der Waals surface area (Å²) in [5.74, 6) is 0.981. The summed E-state index contributed by atoms with van der Waals surface area (Å²) in [5, 5.41) is 0. The van der Waals surface area contributed by atoms with Crippen LogP contribution in [0.15, 0.2) is 24.3 Å². The van der Waals surface area contributed by atoms with Crippen LogP contribution in [0.1, 0.15) is 42.5 Å². The van der Waals surface area contributed by atoms with Gasteiger partial charge in [0.15, 0.2) is 5.78 Å². The molecule has 0 N–H and O–H groups in total. The van der Waals surface area contributed by atoms with Gasteiger partial charge >= 0.3 is 0 Å². The molecule has 0 bridgehead atoms. The smallest absolute Gasteiger partial charge is 0.163 e. The van der Waals surface area contributed by atoms with Crippen LogP contribution in [0.5, 0.6) is 5.75 Å². The number of carbonyl (C=O) groups excluding carboxylic acids is 2. The summed E-state index contributed by atoms with van der Waals surface area (Å²) in [6.07, 6.45) is 3.89. The van der Waals surface area contributed by atoms with Gasteiger partial charge in [-0.3, -0.25) is 9.59 Å². The average molecular weight is 246 g/mol. The van der Waals surface area contributed by atoms with Crippen molar-refractivity contribution < 1.29 is 14.3 Å². The number of methoxy groups -OCH3 is 1. The predicted molar refractivity (Wildman–Crippen MR) is 68.9 cm³/mol. The molecule has 3 heteroatoms. The zero-order chi connectivity index (χ0) is 13.0. The highest BCUT2D eigenvalue weighted by Gasteiger charge is 2.24. The maximum absolute atomic E-state index is 12.1. The Kier molecular flexibility index (Phi) is 4.13. The van der Waals surface area contributed by atoms with Crippen LogP contribution in [0.4, 0.5) is 0 Å². The van der Waals surface area contributed by atoms with Crippen LogP contribution in [0.2, 0.25) is 0 Å². The third-order valence-corrected chi connectivity index (χ3v) is 3.52. The molecule has 1 atom stereocenters. The van der Waals surface area contributed by atoms with Crippen molar-refractivity contribution in [1.82, 2.24) is 0 Å². The standard InChI is InChI=1S/C15H18O3/c1-18-13-8-6-11(7-9-13)15(17)10-12-4-2-3-5-14(12)16/h6-9,12H,2-5,10H2,1H3/t12-/m0/s1. The van der Waals surface area contributed by atoms with Gasteiger partial charge in [0.2, 0.25) is 0 Å². The first-order valence-corrected chi connectivity index (χ1v) is 6.40. The number of Topliss-reactive ketones (excluding diaryl/α,β-unsaturated/α-hetero) is 2. The number of carbonyl (C=O) groups is 2. The van der Waals surface area contributed by atoms with Crippen LogP contribution in [0.25, 0.3) is 0 Å². The molecule has 1 fully saturated rings. The summed E-state index contributed by atoms with van der Waals surface area (Å²) in [5.41, 5.74) is 0.661. The lowest BCUT2D eigenvalue weighted by Gasteiger charge is -2.19. The number of hydrogen-bond acceptors (Lipinski definition) is 3. The van der Waals surface area contributed by atoms with Crippen LogP contribution in [-0.2, 0) is 4.79 Å². The number of rotatable bonds is 4. The van der Waals surface area contributed by atoms with Gasteiger partial charge in [0.1, 0.15) is 11.5 Å². The van der Waals surface area contributed by atoms with Crippen molar-refractivity contribution in [2.45, 2.75) is 32.1 Å². The van der Waals surface area contributed by atoms with Crippen LogP contribution >= 0.6 is 0 Å². The van der Waals surface area contributed by atoms with E-state index >= 15 is 0 Å². The second-order valence-corrected chi connectivity index (χ2v) is 4.76. The molecule has 18 heavy (non-hydrogen) atoms. The molecule has 0 unspecified atom stereocenters. The zero-order valence-corrected chi connectivity index (χ0v) is 10.6. The van der Waals surface area contributed by atoms with E-state index in [-0.39, 0.29) is 17.5 Å². The summed E-state index contributed by atoms with van der Waals surface area (Å²) in [4.78, 5) is 23.8. The van der Waals surface area contributed by atoms with E-state index in [2.05, 4.69) is 0 Å². The molecule has 3 nitrogen and oxygen atoms in total. The molecule has 1 saturated carbocycles. The van der Waals surface area contributed by atoms with Crippen molar-refractivity contribution >= 4 is 11.6 Å². The second-order valence-electron chi connectivity index (χ2n) is 4.76. The van der Waals surface area contributed by atoms with E-state index in [0.717, 1.165) is 25.0 Å². The molecule has 96 valence electrons. The molecular weight excluding hydrogens is 228 g/mol. The van der Waals surface area contributed by atoms with Gasteiger partial charge in [-0.1, -0.05) is 6.42 Å². The minimum Gasteiger partial charge on any atom is -0.497 e. The molecule has 0 aliphatic heterocycles. The lowest BCUT2D eigenvalue weighted by Crippen LogP contribution is -2.22. The molecule has 0 radical (unpaired) electrons. The summed E-state index contributed by atoms with van der Waals surface area (Å²) < 4.78 is 5.05. The van der Waals surface area contributed by atoms with Crippen molar-refractivity contribution in [1.29, 1.82) is 0 Å². The first-order valence-electron chi connectivity index (χ1n) is 6.40. The molecule has 0 aromatic heterocycles. The van der Waals surface area contributed by atoms with Gasteiger partial charge < -0.3 is 4.74 Å². The second kappa shape index (κ2) is 5.80. The molecule has 2 rings (SSSR count). The molecule has 1 aliphatic carbocycles. The molecule has 0 heterocycles. The van der Waals surface area contributed by atoms with E-state index < -0.39 is 0 Å². The highest BCUT2D eigenvalue weighted by molar-refractivity contribution is 5.99. The number of benzene rings is 1. The highest BCUT2D eigenvalue weighted by Crippen LogP contribution is 2.25. The Morgan fingerprint density at radius 2 is 2.00 bits per heavy atom. The van der Waals surface area contributed by atoms with Crippen LogP contribution in [-0.4, -0.2) is 18.7 Å². The molecule has 0 amide bonds. The maximum Gasteiger partial charge on any atom is 0.163 e. The Morgan fingerprint density at radius 3 is 2.61 bits per heavy atom. The van der Waals surface area contributed by atoms with Gasteiger partial charge in [0, 0.05) is 24.3 Å². The van der Waals surface area contributed by atoms with E-state index in [1.807, 2.05) is 0 Å². The lowest BCUT2D eigenvalue weighted by molar-refractivity contribution is -0.124. The summed E-state index contributed by atoms with van der Waals surface area (Å²) in [6.45, 7) is 0. The Bertz CT molecular complexity index is 434. The first kappa shape index (κ1) is 12.8. The van der Waals surface area contributed by atoms with E-state index in [0.29, 0.717) is 18.4 Å². The van der Waals surface area contributed by atoms with Crippen LogP contribution < -0.4 is 4.74 Å². The molecule has 1 aromatic carbocycles. The Balaban J connectivity index is 2.00. The lowest BCUT2D eigenvalue weighted by atomic mass is 9.83. The molecule has 1 aliphatic rings. The number of ketones is 2. The number of hydrogen-bond donors (Lipinski definition) is 0. The van der Waals surface area contributed by atoms with Crippen molar-refractivity contribution in [2.24, 2.45) is 5.92 Å². The Morgan fingerprint density at radius 1 is 1.28 bits per heavy atom. The Hall–Kier alpha value is -1.64. The van der Waals surface area contributed by atoms with Gasteiger partial charge in [0.25, 0.3) is 0 Å². The third kappa shape index (κ3) is 2.97. The summed E-state index contributed by atoms with van der Waals surface area (Å²) in [7, 11) is 1.59. The third-order valence-electron chi connectivity index (χ3n) is 3.52. The van der Waals surface area contributed by atoms with E-state index in [4.69, 9.17) is 4.74 Å². The van der Waals surface area contributed by atoms with Gasteiger partial charge in [-0.05, 0) is 37.1 Å². The fraction of sp³-hybridized carbons (Fsp3) is 0.467. The topological polar surface area (TPSA) is 43.4 Å². The minimum absolute atomic E-state index is 0.0536. The van der Waals surface area contributed by atoms with Crippen LogP contribution in [0.3, 0.4) is 0 Å². The summed E-state index contributed by atoms with van der Waals surface area (Å²) >= 11 is 0. The van der Waals surface area contributed by atoms with Gasteiger partial charge in [-0.15, -0.1) is 0 Å². The van der Waals surface area contributed by atoms with Crippen molar-refractivity contribution in [3.63, 3.8) is 0 Å². The predicted octanol–water partition coefficient (Wildman–Crippen LogP) is 3.03. The van der Waals surface area contributed by atoms with E-state index in [1.165, 1.54) is 0 Å². The fourth-order valence-electron chi connectivity index (χ4n) is 2.39. The first-order chi connectivity index (χ1) is 8.70. The van der Waals surface area contributed by atoms with Gasteiger partial charge in [-0.2, -0.15) is 0 Å². The van der Waals surface area contributed by atoms with Gasteiger partial charge in [0.05, 0.1) is 7.11 Å². The maximum atomic E-state index is 12.1. The van der Waals surface area contributed by atoms with Crippen LogP contribution in [0, 0.1) is 5.92 Å². The highest BCUT2D eigenvalue weighted by atomic mass is 16.5. The quantitative estimate of drug-likeness (QED) is 0.767. The van der Waals surface area contributed by atoms with E-state index in [9.17, 15) is 9.59 Å². The Labute approximate surface area is 107 Å². The van der Waals surface area contributed by atoms with Crippen molar-refractivity contribution in [3.8, 4) is 5.75 Å². The molecule has 0 saturated heterocycles. The van der Waals surface area contributed by atoms with Crippen molar-refractivity contribution in [2.75, 3.05) is 7.11 Å². The largest absolute Gasteiger partial charge is 0.497 e. The number of ether oxygens (including phenoxy) is 1. The molecule has 0 spiro atoms. The zero-order valence-electron chi connectivity index (χ0n) is 10.6. The monoisotopic (exact) mass is 246 g/mol. The average Bonchev–Trinajstić information content (AvgIpc) is 2.41. The minimum atomic E-state index is -0.0617. The molecular formula is C15H18O3. The molecule has 1 aromatic rings. The van der Waals surface area contributed by atoms with E-state index in [1.54, 1.807) is 31.4 Å². The SMILES string of the molecule is COc1ccc(C(=O)C[C@@H]2CCCCC2=O)cc1. The summed E-state index contributed by atoms with van der Waals surface area (Å²) in [6, 6.07) is 7.06. The fourth-order valence-corrected chi connectivity index (χ4v) is 2.39. The van der Waals surface area contributed by atoms with Gasteiger partial charge in [-0.25, -0.2) is 0 Å². The normalized spacial score (nSPS) is 19.6. The van der Waals surface area contributed by atoms with Crippen molar-refractivity contribution in [3.05, 3.63) is 29.8 Å².